The summed E-state index contributed by atoms with van der Waals surface area (Å²) >= 11 is 0. The third kappa shape index (κ3) is 6.30. The van der Waals surface area contributed by atoms with Gasteiger partial charge in [0.15, 0.2) is 0 Å². The van der Waals surface area contributed by atoms with Crippen molar-refractivity contribution in [3.8, 4) is 0 Å². The van der Waals surface area contributed by atoms with E-state index in [4.69, 9.17) is 0 Å². The van der Waals surface area contributed by atoms with Gasteiger partial charge in [0.2, 0.25) is 0 Å². The number of aliphatic hydroxyl groups is 1. The van der Waals surface area contributed by atoms with E-state index in [9.17, 15) is 5.11 Å². The summed E-state index contributed by atoms with van der Waals surface area (Å²) in [6, 6.07) is 12.9. The molecule has 0 aliphatic heterocycles. The third-order valence-corrected chi connectivity index (χ3v) is 5.15. The molecule has 1 aromatic carbocycles. The van der Waals surface area contributed by atoms with Crippen LogP contribution < -0.4 is 0 Å². The van der Waals surface area contributed by atoms with Crippen molar-refractivity contribution in [3.05, 3.63) is 59.4 Å². The fraction of sp³-hybridized carbons (Fsp3) is 0.565. The third-order valence-electron chi connectivity index (χ3n) is 5.15. The minimum absolute atomic E-state index is 0.276. The second-order valence-corrected chi connectivity index (χ2v) is 8.28. The van der Waals surface area contributed by atoms with Crippen molar-refractivity contribution in [1.82, 2.24) is 9.47 Å². The van der Waals surface area contributed by atoms with E-state index in [0.717, 1.165) is 32.6 Å². The molecule has 2 rings (SSSR count). The minimum Gasteiger partial charge on any atom is -0.392 e. The predicted octanol–water partition coefficient (Wildman–Crippen LogP) is 4.71. The first-order chi connectivity index (χ1) is 12.4. The van der Waals surface area contributed by atoms with Crippen LogP contribution in [0.2, 0.25) is 0 Å². The Bertz CT molecular complexity index is 660. The molecule has 0 bridgehead atoms. The van der Waals surface area contributed by atoms with Crippen LogP contribution in [-0.2, 0) is 13.1 Å². The van der Waals surface area contributed by atoms with Crippen LogP contribution in [0.15, 0.2) is 42.6 Å². The smallest absolute Gasteiger partial charge is 0.0690 e. The number of hydrogen-bond acceptors (Lipinski definition) is 2. The fourth-order valence-corrected chi connectivity index (χ4v) is 3.10. The first-order valence-electron chi connectivity index (χ1n) is 9.95. The van der Waals surface area contributed by atoms with Crippen molar-refractivity contribution in [3.63, 3.8) is 0 Å². The summed E-state index contributed by atoms with van der Waals surface area (Å²) in [6.45, 7) is 14.4. The van der Waals surface area contributed by atoms with Crippen LogP contribution in [-0.4, -0.2) is 33.8 Å². The van der Waals surface area contributed by atoms with Gasteiger partial charge in [0, 0.05) is 31.5 Å². The van der Waals surface area contributed by atoms with E-state index in [2.05, 4.69) is 86.7 Å². The van der Waals surface area contributed by atoms with Gasteiger partial charge in [-0.2, -0.15) is 0 Å². The molecular weight excluding hydrogens is 320 g/mol. The summed E-state index contributed by atoms with van der Waals surface area (Å²) in [7, 11) is 0. The van der Waals surface area contributed by atoms with Gasteiger partial charge in [-0.15, -0.1) is 0 Å². The van der Waals surface area contributed by atoms with Gasteiger partial charge in [0.1, 0.15) is 0 Å². The van der Waals surface area contributed by atoms with E-state index in [1.54, 1.807) is 0 Å². The monoisotopic (exact) mass is 356 g/mol. The summed E-state index contributed by atoms with van der Waals surface area (Å²) in [6.07, 6.45) is 3.05. The fourth-order valence-electron chi connectivity index (χ4n) is 3.10. The maximum atomic E-state index is 10.4. The average molecular weight is 357 g/mol. The van der Waals surface area contributed by atoms with Crippen molar-refractivity contribution in [2.24, 2.45) is 11.8 Å². The van der Waals surface area contributed by atoms with E-state index >= 15 is 0 Å². The number of aromatic nitrogens is 1. The summed E-state index contributed by atoms with van der Waals surface area (Å²) in [4.78, 5) is 2.41. The average Bonchev–Trinajstić information content (AvgIpc) is 3.01. The lowest BCUT2D eigenvalue weighted by atomic mass is 10.1. The molecule has 1 N–H and O–H groups in total. The molecular formula is C23H36N2O. The van der Waals surface area contributed by atoms with Crippen molar-refractivity contribution in [1.29, 1.82) is 0 Å². The number of nitrogens with zero attached hydrogens (tertiary/aromatic N) is 2. The summed E-state index contributed by atoms with van der Waals surface area (Å²) < 4.78 is 2.34. The molecule has 1 unspecified atom stereocenters. The first kappa shape index (κ1) is 20.7. The Balaban J connectivity index is 2.10. The minimum atomic E-state index is -0.276. The second-order valence-electron chi connectivity index (χ2n) is 8.28. The summed E-state index contributed by atoms with van der Waals surface area (Å²) in [5.74, 6) is 0.961. The zero-order chi connectivity index (χ0) is 19.1. The van der Waals surface area contributed by atoms with Crippen molar-refractivity contribution in [2.75, 3.05) is 13.1 Å². The van der Waals surface area contributed by atoms with Gasteiger partial charge in [0.05, 0.1) is 6.10 Å². The van der Waals surface area contributed by atoms with Gasteiger partial charge < -0.3 is 9.67 Å². The van der Waals surface area contributed by atoms with E-state index < -0.39 is 0 Å². The molecule has 0 saturated carbocycles. The van der Waals surface area contributed by atoms with E-state index in [0.29, 0.717) is 5.92 Å². The van der Waals surface area contributed by atoms with Crippen LogP contribution in [0.25, 0.3) is 0 Å². The standard InChI is InChI=1S/C23H36N2O/c1-18(2)12-14-24(17-23(26)19(3)4)16-22-11-8-13-25(22)15-21-10-7-6-9-20(21)5/h6-11,13,18-19,23,26H,12,14-17H2,1-5H3. The molecule has 0 aliphatic rings. The molecule has 1 atom stereocenters. The Kier molecular flexibility index (Phi) is 7.92. The Morgan fingerprint density at radius 3 is 2.42 bits per heavy atom. The number of hydrogen-bond donors (Lipinski definition) is 1. The molecule has 3 nitrogen and oxygen atoms in total. The Morgan fingerprint density at radius 1 is 1.04 bits per heavy atom. The zero-order valence-electron chi connectivity index (χ0n) is 17.2. The SMILES string of the molecule is Cc1ccccc1Cn1cccc1CN(CCC(C)C)CC(O)C(C)C. The molecule has 144 valence electrons. The molecule has 26 heavy (non-hydrogen) atoms. The maximum absolute atomic E-state index is 10.4. The maximum Gasteiger partial charge on any atom is 0.0690 e. The lowest BCUT2D eigenvalue weighted by Crippen LogP contribution is -2.36. The van der Waals surface area contributed by atoms with Crippen LogP contribution >= 0.6 is 0 Å². The lowest BCUT2D eigenvalue weighted by Gasteiger charge is -2.28. The molecule has 0 spiro atoms. The number of aliphatic hydroxyl groups excluding tert-OH is 1. The highest BCUT2D eigenvalue weighted by Crippen LogP contribution is 2.15. The topological polar surface area (TPSA) is 28.4 Å². The first-order valence-corrected chi connectivity index (χ1v) is 9.95. The van der Waals surface area contributed by atoms with Gasteiger partial charge in [-0.3, -0.25) is 4.90 Å². The van der Waals surface area contributed by atoms with Crippen molar-refractivity contribution < 1.29 is 5.11 Å². The Hall–Kier alpha value is -1.58. The number of rotatable bonds is 10. The normalized spacial score (nSPS) is 13.1. The van der Waals surface area contributed by atoms with Crippen LogP contribution in [0.3, 0.4) is 0 Å². The lowest BCUT2D eigenvalue weighted by molar-refractivity contribution is 0.0702. The van der Waals surface area contributed by atoms with Gasteiger partial charge in [-0.05, 0) is 55.0 Å². The van der Waals surface area contributed by atoms with Crippen LogP contribution in [0.4, 0.5) is 0 Å². The van der Waals surface area contributed by atoms with E-state index in [-0.39, 0.29) is 12.0 Å². The Morgan fingerprint density at radius 2 is 1.77 bits per heavy atom. The van der Waals surface area contributed by atoms with Gasteiger partial charge in [-0.25, -0.2) is 0 Å². The quantitative estimate of drug-likeness (QED) is 0.668. The molecule has 0 aliphatic carbocycles. The highest BCUT2D eigenvalue weighted by molar-refractivity contribution is 5.26. The molecule has 3 heteroatoms. The number of benzene rings is 1. The predicted molar refractivity (Wildman–Crippen MR) is 110 cm³/mol. The molecule has 0 amide bonds. The number of aryl methyl sites for hydroxylation is 1. The molecule has 0 fully saturated rings. The highest BCUT2D eigenvalue weighted by atomic mass is 16.3. The molecule has 1 heterocycles. The van der Waals surface area contributed by atoms with Gasteiger partial charge in [0.25, 0.3) is 0 Å². The summed E-state index contributed by atoms with van der Waals surface area (Å²) in [5.41, 5.74) is 4.01. The van der Waals surface area contributed by atoms with Crippen LogP contribution in [0, 0.1) is 18.8 Å². The van der Waals surface area contributed by atoms with Crippen molar-refractivity contribution >= 4 is 0 Å². The van der Waals surface area contributed by atoms with E-state index in [1.807, 2.05) is 0 Å². The van der Waals surface area contributed by atoms with Crippen LogP contribution in [0.1, 0.15) is 50.9 Å². The summed E-state index contributed by atoms with van der Waals surface area (Å²) in [5, 5.41) is 10.4. The molecule has 1 aromatic heterocycles. The van der Waals surface area contributed by atoms with Gasteiger partial charge >= 0.3 is 0 Å². The molecule has 0 radical (unpaired) electrons. The molecule has 2 aromatic rings. The largest absolute Gasteiger partial charge is 0.392 e. The highest BCUT2D eigenvalue weighted by Gasteiger charge is 2.17. The van der Waals surface area contributed by atoms with Crippen molar-refractivity contribution in [2.45, 2.75) is 60.2 Å². The Labute approximate surface area is 159 Å². The molecule has 0 saturated heterocycles. The van der Waals surface area contributed by atoms with E-state index in [1.165, 1.54) is 16.8 Å². The zero-order valence-corrected chi connectivity index (χ0v) is 17.2. The van der Waals surface area contributed by atoms with Gasteiger partial charge in [-0.1, -0.05) is 52.0 Å². The second kappa shape index (κ2) is 9.94. The van der Waals surface area contributed by atoms with Crippen LogP contribution in [0.5, 0.6) is 0 Å².